The first kappa shape index (κ1) is 19.3. The number of hydrazone groups is 1. The van der Waals surface area contributed by atoms with Crippen molar-refractivity contribution >= 4 is 35.4 Å². The van der Waals surface area contributed by atoms with E-state index in [9.17, 15) is 14.7 Å². The number of amides is 1. The first-order chi connectivity index (χ1) is 12.8. The molecule has 1 atom stereocenters. The highest BCUT2D eigenvalue weighted by Crippen LogP contribution is 2.34. The fourth-order valence-corrected chi connectivity index (χ4v) is 3.38. The second-order valence-corrected chi connectivity index (χ2v) is 7.12. The van der Waals surface area contributed by atoms with E-state index < -0.39 is 5.56 Å². The summed E-state index contributed by atoms with van der Waals surface area (Å²) in [5.74, 6) is -0.437. The van der Waals surface area contributed by atoms with Gasteiger partial charge in [0.15, 0.2) is 4.77 Å². The van der Waals surface area contributed by atoms with Gasteiger partial charge in [-0.3, -0.25) is 18.7 Å². The zero-order valence-corrected chi connectivity index (χ0v) is 16.7. The SMILES string of the molecule is CCC(=O)N1N=C(c2c(O)n(C)c(=S)n(C)c2=O)C[C@@H]1c1ccc(Cl)cc1. The van der Waals surface area contributed by atoms with Crippen molar-refractivity contribution in [3.8, 4) is 5.88 Å². The van der Waals surface area contributed by atoms with E-state index in [1.807, 2.05) is 12.1 Å². The lowest BCUT2D eigenvalue weighted by Gasteiger charge is -2.21. The van der Waals surface area contributed by atoms with Crippen LogP contribution in [0.3, 0.4) is 0 Å². The number of aromatic nitrogens is 2. The van der Waals surface area contributed by atoms with E-state index in [0.717, 1.165) is 5.56 Å². The predicted molar refractivity (Wildman–Crippen MR) is 106 cm³/mol. The van der Waals surface area contributed by atoms with Gasteiger partial charge in [0, 0.05) is 32.0 Å². The molecular formula is C18H19ClN4O3S. The number of carbonyl (C=O) groups excluding carboxylic acids is 1. The van der Waals surface area contributed by atoms with Gasteiger partial charge in [0.05, 0.1) is 11.8 Å². The summed E-state index contributed by atoms with van der Waals surface area (Å²) in [6.07, 6.45) is 0.566. The van der Waals surface area contributed by atoms with Crippen LogP contribution in [0.15, 0.2) is 34.2 Å². The van der Waals surface area contributed by atoms with Crippen molar-refractivity contribution in [3.05, 3.63) is 55.5 Å². The fraction of sp³-hybridized carbons (Fsp3) is 0.333. The summed E-state index contributed by atoms with van der Waals surface area (Å²) in [6.45, 7) is 1.75. The molecule has 1 N–H and O–H groups in total. The third-order valence-electron chi connectivity index (χ3n) is 4.65. The van der Waals surface area contributed by atoms with Crippen LogP contribution in [0.1, 0.15) is 36.9 Å². The zero-order valence-electron chi connectivity index (χ0n) is 15.1. The van der Waals surface area contributed by atoms with E-state index in [0.29, 0.717) is 17.2 Å². The molecule has 2 aromatic rings. The summed E-state index contributed by atoms with van der Waals surface area (Å²) in [4.78, 5) is 25.1. The Morgan fingerprint density at radius 3 is 2.52 bits per heavy atom. The van der Waals surface area contributed by atoms with Gasteiger partial charge in [-0.25, -0.2) is 5.01 Å². The zero-order chi connectivity index (χ0) is 19.9. The lowest BCUT2D eigenvalue weighted by molar-refractivity contribution is -0.132. The van der Waals surface area contributed by atoms with Crippen LogP contribution in [-0.4, -0.2) is 30.9 Å². The highest BCUT2D eigenvalue weighted by atomic mass is 35.5. The highest BCUT2D eigenvalue weighted by molar-refractivity contribution is 7.71. The maximum atomic E-state index is 12.7. The number of carbonyl (C=O) groups is 1. The number of hydrogen-bond acceptors (Lipinski definition) is 5. The first-order valence-corrected chi connectivity index (χ1v) is 9.19. The third-order valence-corrected chi connectivity index (χ3v) is 5.45. The molecule has 1 amide bonds. The molecular weight excluding hydrogens is 388 g/mol. The lowest BCUT2D eigenvalue weighted by atomic mass is 9.99. The summed E-state index contributed by atoms with van der Waals surface area (Å²) in [7, 11) is 3.11. The van der Waals surface area contributed by atoms with Crippen molar-refractivity contribution in [2.24, 2.45) is 19.2 Å². The van der Waals surface area contributed by atoms with Crippen LogP contribution in [0.25, 0.3) is 0 Å². The second-order valence-electron chi connectivity index (χ2n) is 6.31. The van der Waals surface area contributed by atoms with E-state index >= 15 is 0 Å². The Kier molecular flexibility index (Phi) is 5.21. The van der Waals surface area contributed by atoms with Crippen LogP contribution in [0.4, 0.5) is 0 Å². The summed E-state index contributed by atoms with van der Waals surface area (Å²) in [6, 6.07) is 6.76. The third kappa shape index (κ3) is 3.30. The molecule has 1 aliphatic rings. The minimum Gasteiger partial charge on any atom is -0.494 e. The number of benzene rings is 1. The molecule has 1 aromatic heterocycles. The molecule has 9 heteroatoms. The Morgan fingerprint density at radius 1 is 1.30 bits per heavy atom. The van der Waals surface area contributed by atoms with Gasteiger partial charge in [-0.1, -0.05) is 30.7 Å². The fourth-order valence-electron chi connectivity index (χ4n) is 3.08. The topological polar surface area (TPSA) is 79.8 Å². The van der Waals surface area contributed by atoms with Crippen LogP contribution in [-0.2, 0) is 18.9 Å². The molecule has 7 nitrogen and oxygen atoms in total. The molecule has 27 heavy (non-hydrogen) atoms. The van der Waals surface area contributed by atoms with E-state index in [2.05, 4.69) is 5.10 Å². The molecule has 1 aliphatic heterocycles. The summed E-state index contributed by atoms with van der Waals surface area (Å²) >= 11 is 11.1. The molecule has 1 aromatic carbocycles. The maximum Gasteiger partial charge on any atom is 0.267 e. The lowest BCUT2D eigenvalue weighted by Crippen LogP contribution is -2.28. The van der Waals surface area contributed by atoms with Gasteiger partial charge in [0.25, 0.3) is 5.56 Å². The van der Waals surface area contributed by atoms with Crippen LogP contribution in [0.5, 0.6) is 5.88 Å². The van der Waals surface area contributed by atoms with Crippen LogP contribution >= 0.6 is 23.8 Å². The molecule has 0 saturated heterocycles. The molecule has 0 spiro atoms. The minimum atomic E-state index is -0.449. The average molecular weight is 407 g/mol. The van der Waals surface area contributed by atoms with Gasteiger partial charge in [-0.15, -0.1) is 0 Å². The van der Waals surface area contributed by atoms with E-state index in [-0.39, 0.29) is 34.6 Å². The molecule has 3 rings (SSSR count). The largest absolute Gasteiger partial charge is 0.494 e. The molecule has 2 heterocycles. The van der Waals surface area contributed by atoms with Crippen molar-refractivity contribution in [1.29, 1.82) is 0 Å². The van der Waals surface area contributed by atoms with E-state index in [1.54, 1.807) is 26.1 Å². The van der Waals surface area contributed by atoms with Crippen molar-refractivity contribution in [3.63, 3.8) is 0 Å². The van der Waals surface area contributed by atoms with Gasteiger partial charge >= 0.3 is 0 Å². The Balaban J connectivity index is 2.13. The Bertz CT molecular complexity index is 1060. The van der Waals surface area contributed by atoms with E-state index in [4.69, 9.17) is 23.8 Å². The van der Waals surface area contributed by atoms with Crippen LogP contribution in [0.2, 0.25) is 5.02 Å². The van der Waals surface area contributed by atoms with Gasteiger partial charge in [0.1, 0.15) is 5.56 Å². The number of hydrogen-bond donors (Lipinski definition) is 1. The smallest absolute Gasteiger partial charge is 0.267 e. The molecule has 142 valence electrons. The summed E-state index contributed by atoms with van der Waals surface area (Å²) < 4.78 is 2.81. The van der Waals surface area contributed by atoms with Gasteiger partial charge in [-0.05, 0) is 29.9 Å². The molecule has 0 saturated carbocycles. The molecule has 0 fully saturated rings. The van der Waals surface area contributed by atoms with Gasteiger partial charge in [0.2, 0.25) is 11.8 Å². The number of aromatic hydroxyl groups is 1. The van der Waals surface area contributed by atoms with E-state index in [1.165, 1.54) is 21.2 Å². The second kappa shape index (κ2) is 7.28. The van der Waals surface area contributed by atoms with Crippen molar-refractivity contribution in [2.75, 3.05) is 0 Å². The predicted octanol–water partition coefficient (Wildman–Crippen LogP) is 2.90. The standard InChI is InChI=1S/C18H19ClN4O3S/c1-4-14(24)23-13(10-5-7-11(19)8-6-10)9-12(20-23)15-16(25)21(2)18(27)22(3)17(15)26/h5-8,13,25H,4,9H2,1-3H3/t13-/m1/s1. The van der Waals surface area contributed by atoms with Gasteiger partial charge in [-0.2, -0.15) is 5.10 Å². The molecule has 0 unspecified atom stereocenters. The van der Waals surface area contributed by atoms with Crippen molar-refractivity contribution in [2.45, 2.75) is 25.8 Å². The van der Waals surface area contributed by atoms with Crippen LogP contribution in [0, 0.1) is 4.77 Å². The molecule has 0 bridgehead atoms. The Labute approximate surface area is 166 Å². The van der Waals surface area contributed by atoms with Gasteiger partial charge < -0.3 is 5.11 Å². The number of halogens is 1. The monoisotopic (exact) mass is 406 g/mol. The number of nitrogens with zero attached hydrogens (tertiary/aromatic N) is 4. The minimum absolute atomic E-state index is 0.0546. The number of rotatable bonds is 3. The van der Waals surface area contributed by atoms with Crippen LogP contribution < -0.4 is 5.56 Å². The quantitative estimate of drug-likeness (QED) is 0.795. The Hall–Kier alpha value is -2.45. The van der Waals surface area contributed by atoms with Crippen molar-refractivity contribution in [1.82, 2.24) is 14.1 Å². The summed E-state index contributed by atoms with van der Waals surface area (Å²) in [5.41, 5.74) is 0.801. The summed E-state index contributed by atoms with van der Waals surface area (Å²) in [5, 5.41) is 16.9. The Morgan fingerprint density at radius 2 is 1.93 bits per heavy atom. The first-order valence-electron chi connectivity index (χ1n) is 8.40. The maximum absolute atomic E-state index is 12.7. The molecule has 0 aliphatic carbocycles. The average Bonchev–Trinajstić information content (AvgIpc) is 3.09. The normalized spacial score (nSPS) is 16.5. The highest BCUT2D eigenvalue weighted by Gasteiger charge is 2.35. The molecule has 0 radical (unpaired) electrons. The van der Waals surface area contributed by atoms with Crippen molar-refractivity contribution < 1.29 is 9.90 Å².